The normalized spacial score (nSPS) is 19.1. The molecule has 140 valence electrons. The standard InChI is InChI=1S/C20H19BrN2O4/c1-3-7-26-19-13(21)8-11(9-16(19)25-2)17-12(10-22)20(23)27-15-6-4-5-14(24)18(15)17/h3,8-9,17H,1,4-7,23H2,2H3/t17-/m1/s1. The Hall–Kier alpha value is -2.72. The molecule has 0 fully saturated rings. The van der Waals surface area contributed by atoms with Crippen LogP contribution in [-0.4, -0.2) is 19.5 Å². The van der Waals surface area contributed by atoms with Crippen molar-refractivity contribution in [3.05, 3.63) is 57.6 Å². The van der Waals surface area contributed by atoms with Crippen molar-refractivity contribution in [1.29, 1.82) is 5.26 Å². The lowest BCUT2D eigenvalue weighted by Gasteiger charge is -2.31. The van der Waals surface area contributed by atoms with E-state index in [9.17, 15) is 10.1 Å². The van der Waals surface area contributed by atoms with Crippen molar-refractivity contribution in [2.24, 2.45) is 5.73 Å². The highest BCUT2D eigenvalue weighted by Crippen LogP contribution is 2.46. The number of hydrogen-bond acceptors (Lipinski definition) is 6. The minimum Gasteiger partial charge on any atom is -0.493 e. The van der Waals surface area contributed by atoms with Crippen molar-refractivity contribution in [1.82, 2.24) is 0 Å². The van der Waals surface area contributed by atoms with Crippen LogP contribution in [0.5, 0.6) is 11.5 Å². The molecule has 0 bridgehead atoms. The molecule has 0 saturated carbocycles. The van der Waals surface area contributed by atoms with Gasteiger partial charge in [-0.2, -0.15) is 5.26 Å². The largest absolute Gasteiger partial charge is 0.493 e. The van der Waals surface area contributed by atoms with Crippen molar-refractivity contribution in [2.75, 3.05) is 13.7 Å². The van der Waals surface area contributed by atoms with Gasteiger partial charge in [-0.15, -0.1) is 0 Å². The SMILES string of the molecule is C=CCOc1c(Br)cc([C@@H]2C(C#N)=C(N)OC3=C2C(=O)CCC3)cc1OC. The lowest BCUT2D eigenvalue weighted by molar-refractivity contribution is -0.116. The fourth-order valence-corrected chi connectivity index (χ4v) is 3.95. The lowest BCUT2D eigenvalue weighted by Crippen LogP contribution is -2.27. The maximum atomic E-state index is 12.6. The quantitative estimate of drug-likeness (QED) is 0.712. The molecule has 2 aliphatic rings. The molecule has 0 aromatic heterocycles. The minimum atomic E-state index is -0.592. The molecular weight excluding hydrogens is 412 g/mol. The fourth-order valence-electron chi connectivity index (χ4n) is 3.38. The van der Waals surface area contributed by atoms with Crippen LogP contribution in [0.2, 0.25) is 0 Å². The Kier molecular flexibility index (Phi) is 5.57. The number of rotatable bonds is 5. The van der Waals surface area contributed by atoms with Crippen molar-refractivity contribution < 1.29 is 19.0 Å². The van der Waals surface area contributed by atoms with Crippen LogP contribution in [0.4, 0.5) is 0 Å². The molecule has 1 aromatic carbocycles. The highest BCUT2D eigenvalue weighted by atomic mass is 79.9. The Morgan fingerprint density at radius 1 is 1.48 bits per heavy atom. The Morgan fingerprint density at radius 2 is 2.26 bits per heavy atom. The lowest BCUT2D eigenvalue weighted by atomic mass is 9.77. The molecule has 2 N–H and O–H groups in total. The van der Waals surface area contributed by atoms with Gasteiger partial charge in [0.15, 0.2) is 17.3 Å². The van der Waals surface area contributed by atoms with Crippen molar-refractivity contribution in [2.45, 2.75) is 25.2 Å². The van der Waals surface area contributed by atoms with E-state index in [2.05, 4.69) is 28.6 Å². The summed E-state index contributed by atoms with van der Waals surface area (Å²) in [6.07, 6.45) is 3.39. The molecule has 27 heavy (non-hydrogen) atoms. The van der Waals surface area contributed by atoms with Crippen molar-refractivity contribution in [3.63, 3.8) is 0 Å². The number of benzene rings is 1. The number of nitrogens with zero attached hydrogens (tertiary/aromatic N) is 1. The number of ether oxygens (including phenoxy) is 3. The zero-order valence-corrected chi connectivity index (χ0v) is 16.5. The maximum absolute atomic E-state index is 12.6. The maximum Gasteiger partial charge on any atom is 0.205 e. The average Bonchev–Trinajstić information content (AvgIpc) is 2.65. The van der Waals surface area contributed by atoms with E-state index >= 15 is 0 Å². The Morgan fingerprint density at radius 3 is 2.93 bits per heavy atom. The number of methoxy groups -OCH3 is 1. The first-order valence-corrected chi connectivity index (χ1v) is 9.26. The molecule has 1 heterocycles. The van der Waals surface area contributed by atoms with E-state index in [1.54, 1.807) is 12.1 Å². The van der Waals surface area contributed by atoms with Gasteiger partial charge in [0.05, 0.1) is 17.5 Å². The third-order valence-electron chi connectivity index (χ3n) is 4.54. The molecule has 0 saturated heterocycles. The average molecular weight is 431 g/mol. The minimum absolute atomic E-state index is 0.0245. The molecule has 0 radical (unpaired) electrons. The first-order chi connectivity index (χ1) is 13.0. The number of ketones is 1. The van der Waals surface area contributed by atoms with E-state index in [0.717, 1.165) is 0 Å². The van der Waals surface area contributed by atoms with Crippen LogP contribution in [0.1, 0.15) is 30.7 Å². The van der Waals surface area contributed by atoms with Gasteiger partial charge in [0.2, 0.25) is 5.88 Å². The van der Waals surface area contributed by atoms with Gasteiger partial charge >= 0.3 is 0 Å². The summed E-state index contributed by atoms with van der Waals surface area (Å²) < 4.78 is 17.4. The second-order valence-electron chi connectivity index (χ2n) is 6.17. The molecule has 1 aliphatic heterocycles. The molecule has 1 aliphatic carbocycles. The van der Waals surface area contributed by atoms with Crippen LogP contribution in [-0.2, 0) is 9.53 Å². The summed E-state index contributed by atoms with van der Waals surface area (Å²) in [6, 6.07) is 5.68. The van der Waals surface area contributed by atoms with Crippen LogP contribution in [0.15, 0.2) is 52.0 Å². The number of Topliss-reactive ketones (excluding diaryl/α,β-unsaturated/α-hetero) is 1. The number of allylic oxidation sites excluding steroid dienone is 3. The highest BCUT2D eigenvalue weighted by Gasteiger charge is 2.38. The van der Waals surface area contributed by atoms with Crippen LogP contribution < -0.4 is 15.2 Å². The molecule has 3 rings (SSSR count). The van der Waals surface area contributed by atoms with E-state index < -0.39 is 5.92 Å². The zero-order chi connectivity index (χ0) is 19.6. The van der Waals surface area contributed by atoms with Gasteiger partial charge in [-0.25, -0.2) is 0 Å². The summed E-state index contributed by atoms with van der Waals surface area (Å²) in [7, 11) is 1.53. The second-order valence-corrected chi connectivity index (χ2v) is 7.03. The molecule has 0 unspecified atom stereocenters. The van der Waals surface area contributed by atoms with Gasteiger partial charge in [0, 0.05) is 18.4 Å². The third kappa shape index (κ3) is 3.45. The number of carbonyl (C=O) groups excluding carboxylic acids is 1. The van der Waals surface area contributed by atoms with Crippen molar-refractivity contribution >= 4 is 21.7 Å². The van der Waals surface area contributed by atoms with Crippen LogP contribution in [0.3, 0.4) is 0 Å². The molecule has 1 atom stereocenters. The third-order valence-corrected chi connectivity index (χ3v) is 5.12. The fraction of sp³-hybridized carbons (Fsp3) is 0.300. The highest BCUT2D eigenvalue weighted by molar-refractivity contribution is 9.10. The van der Waals surface area contributed by atoms with E-state index in [-0.39, 0.29) is 17.2 Å². The monoisotopic (exact) mass is 430 g/mol. The Bertz CT molecular complexity index is 911. The smallest absolute Gasteiger partial charge is 0.205 e. The van der Waals surface area contributed by atoms with Gasteiger partial charge in [-0.1, -0.05) is 12.7 Å². The molecule has 1 aromatic rings. The first kappa shape index (κ1) is 19.1. The van der Waals surface area contributed by atoms with Gasteiger partial charge in [0.1, 0.15) is 24.0 Å². The molecule has 7 heteroatoms. The zero-order valence-electron chi connectivity index (χ0n) is 14.9. The Balaban J connectivity index is 2.17. The van der Waals surface area contributed by atoms with E-state index in [1.165, 1.54) is 7.11 Å². The summed E-state index contributed by atoms with van der Waals surface area (Å²) >= 11 is 3.49. The molecule has 6 nitrogen and oxygen atoms in total. The molecule has 0 spiro atoms. The number of nitriles is 1. The summed E-state index contributed by atoms with van der Waals surface area (Å²) in [4.78, 5) is 12.6. The van der Waals surface area contributed by atoms with E-state index in [0.29, 0.717) is 58.7 Å². The molecule has 0 amide bonds. The predicted molar refractivity (Wildman–Crippen MR) is 103 cm³/mol. The van der Waals surface area contributed by atoms with Gasteiger partial charge in [-0.05, 0) is 40.0 Å². The van der Waals surface area contributed by atoms with Gasteiger partial charge in [0.25, 0.3) is 0 Å². The summed E-state index contributed by atoms with van der Waals surface area (Å²) in [5, 5.41) is 9.66. The number of carbonyl (C=O) groups is 1. The number of halogens is 1. The predicted octanol–water partition coefficient (Wildman–Crippen LogP) is 3.84. The summed E-state index contributed by atoms with van der Waals surface area (Å²) in [5.41, 5.74) is 7.41. The van der Waals surface area contributed by atoms with Crippen LogP contribution in [0, 0.1) is 11.3 Å². The topological polar surface area (TPSA) is 94.6 Å². The first-order valence-electron chi connectivity index (χ1n) is 8.46. The second kappa shape index (κ2) is 7.89. The molecular formula is C20H19BrN2O4. The van der Waals surface area contributed by atoms with Gasteiger partial charge < -0.3 is 19.9 Å². The van der Waals surface area contributed by atoms with Gasteiger partial charge in [-0.3, -0.25) is 4.79 Å². The number of nitrogens with two attached hydrogens (primary N) is 1. The summed E-state index contributed by atoms with van der Waals surface area (Å²) in [6.45, 7) is 3.96. The van der Waals surface area contributed by atoms with Crippen LogP contribution >= 0.6 is 15.9 Å². The summed E-state index contributed by atoms with van der Waals surface area (Å²) in [5.74, 6) is 0.975. The van der Waals surface area contributed by atoms with Crippen LogP contribution in [0.25, 0.3) is 0 Å². The van der Waals surface area contributed by atoms with E-state index in [1.807, 2.05) is 6.07 Å². The van der Waals surface area contributed by atoms with E-state index in [4.69, 9.17) is 19.9 Å². The Labute approximate surface area is 166 Å². The number of hydrogen-bond donors (Lipinski definition) is 1. The van der Waals surface area contributed by atoms with Crippen molar-refractivity contribution in [3.8, 4) is 17.6 Å².